The fourth-order valence-corrected chi connectivity index (χ4v) is 1.64. The number of nitrogens with one attached hydrogen (secondary N) is 1. The quantitative estimate of drug-likeness (QED) is 0.546. The Hall–Kier alpha value is -1.15. The zero-order valence-corrected chi connectivity index (χ0v) is 8.21. The summed E-state index contributed by atoms with van der Waals surface area (Å²) in [5.41, 5.74) is 0. The van der Waals surface area contributed by atoms with Crippen LogP contribution in [0.2, 0.25) is 0 Å². The molecule has 0 radical (unpaired) electrons. The van der Waals surface area contributed by atoms with E-state index in [1.54, 1.807) is 0 Å². The summed E-state index contributed by atoms with van der Waals surface area (Å²) in [5.74, 6) is -0.575. The third kappa shape index (κ3) is 2.96. The van der Waals surface area contributed by atoms with Gasteiger partial charge in [0, 0.05) is 6.54 Å². The van der Waals surface area contributed by atoms with Gasteiger partial charge in [-0.05, 0) is 6.42 Å². The van der Waals surface area contributed by atoms with E-state index in [9.17, 15) is 18.0 Å². The second-order valence-corrected chi connectivity index (χ2v) is 4.66. The number of hydrogen-bond acceptors (Lipinski definition) is 4. The van der Waals surface area contributed by atoms with Crippen molar-refractivity contribution in [1.29, 1.82) is 0 Å². The maximum absolute atomic E-state index is 11.0. The first-order valence-corrected chi connectivity index (χ1v) is 5.70. The number of hydrogen-bond donors (Lipinski definition) is 2. The van der Waals surface area contributed by atoms with Gasteiger partial charge in [-0.15, -0.1) is 0 Å². The number of nitrogens with zero attached hydrogens (tertiary/aromatic N) is 1. The molecule has 0 atom stereocenters. The lowest BCUT2D eigenvalue weighted by atomic mass is 10.4. The minimum absolute atomic E-state index is 0.0196. The SMILES string of the molecule is NS(=O)(=O)CCCN1C(=O)CNC1=O. The van der Waals surface area contributed by atoms with Gasteiger partial charge in [-0.2, -0.15) is 0 Å². The maximum Gasteiger partial charge on any atom is 0.324 e. The smallest absolute Gasteiger partial charge is 0.324 e. The van der Waals surface area contributed by atoms with Crippen LogP contribution in [-0.4, -0.2) is 44.1 Å². The van der Waals surface area contributed by atoms with Gasteiger partial charge in [0.15, 0.2) is 0 Å². The van der Waals surface area contributed by atoms with Crippen LogP contribution in [0.15, 0.2) is 0 Å². The van der Waals surface area contributed by atoms with E-state index in [1.807, 2.05) is 0 Å². The van der Waals surface area contributed by atoms with Crippen LogP contribution in [0.4, 0.5) is 4.79 Å². The number of carbonyl (C=O) groups is 2. The van der Waals surface area contributed by atoms with Crippen LogP contribution in [0.5, 0.6) is 0 Å². The number of urea groups is 1. The highest BCUT2D eigenvalue weighted by Crippen LogP contribution is 2.00. The molecule has 0 saturated carbocycles. The molecular weight excluding hydrogens is 210 g/mol. The van der Waals surface area contributed by atoms with E-state index < -0.39 is 16.1 Å². The van der Waals surface area contributed by atoms with Crippen molar-refractivity contribution in [2.75, 3.05) is 18.8 Å². The number of sulfonamides is 1. The summed E-state index contributed by atoms with van der Waals surface area (Å²) in [7, 11) is -3.52. The highest BCUT2D eigenvalue weighted by Gasteiger charge is 2.27. The number of carbonyl (C=O) groups excluding carboxylic acids is 2. The predicted molar refractivity (Wildman–Crippen MR) is 47.7 cm³/mol. The standard InChI is InChI=1S/C6H11N3O4S/c7-14(12,13)3-1-2-9-5(10)4-8-6(9)11/h1-4H2,(H,8,11)(H2,7,12,13). The van der Waals surface area contributed by atoms with E-state index >= 15 is 0 Å². The van der Waals surface area contributed by atoms with Crippen LogP contribution in [0.1, 0.15) is 6.42 Å². The van der Waals surface area contributed by atoms with Crippen LogP contribution in [-0.2, 0) is 14.8 Å². The summed E-state index contributed by atoms with van der Waals surface area (Å²) in [6, 6.07) is -0.482. The first-order valence-electron chi connectivity index (χ1n) is 3.99. The average molecular weight is 221 g/mol. The molecule has 0 bridgehead atoms. The highest BCUT2D eigenvalue weighted by molar-refractivity contribution is 7.89. The molecule has 0 spiro atoms. The van der Waals surface area contributed by atoms with E-state index in [-0.39, 0.29) is 31.2 Å². The van der Waals surface area contributed by atoms with E-state index in [0.29, 0.717) is 0 Å². The van der Waals surface area contributed by atoms with Crippen molar-refractivity contribution in [1.82, 2.24) is 10.2 Å². The molecule has 0 aromatic rings. The van der Waals surface area contributed by atoms with Gasteiger partial charge in [0.05, 0.1) is 12.3 Å². The van der Waals surface area contributed by atoms with Gasteiger partial charge >= 0.3 is 6.03 Å². The molecule has 14 heavy (non-hydrogen) atoms. The monoisotopic (exact) mass is 221 g/mol. The number of nitrogens with two attached hydrogens (primary N) is 1. The first kappa shape index (κ1) is 10.9. The summed E-state index contributed by atoms with van der Waals surface area (Å²) in [4.78, 5) is 22.9. The van der Waals surface area contributed by atoms with Gasteiger partial charge in [-0.1, -0.05) is 0 Å². The van der Waals surface area contributed by atoms with Gasteiger partial charge in [0.1, 0.15) is 0 Å². The minimum Gasteiger partial charge on any atom is -0.329 e. The number of amides is 3. The topological polar surface area (TPSA) is 110 Å². The van der Waals surface area contributed by atoms with E-state index in [0.717, 1.165) is 4.90 Å². The van der Waals surface area contributed by atoms with Gasteiger partial charge in [0.2, 0.25) is 15.9 Å². The Bertz CT molecular complexity index is 334. The summed E-state index contributed by atoms with van der Waals surface area (Å²) < 4.78 is 21.1. The summed E-state index contributed by atoms with van der Waals surface area (Å²) >= 11 is 0. The first-order chi connectivity index (χ1) is 6.40. The van der Waals surface area contributed by atoms with Crippen LogP contribution < -0.4 is 10.5 Å². The normalized spacial score (nSPS) is 17.4. The zero-order valence-electron chi connectivity index (χ0n) is 7.39. The van der Waals surface area contributed by atoms with E-state index in [4.69, 9.17) is 5.14 Å². The molecule has 80 valence electrons. The molecule has 1 saturated heterocycles. The van der Waals surface area contributed by atoms with Gasteiger partial charge in [0.25, 0.3) is 0 Å². The van der Waals surface area contributed by atoms with Crippen molar-refractivity contribution in [3.63, 3.8) is 0 Å². The summed E-state index contributed by atoms with van der Waals surface area (Å²) in [6.07, 6.45) is 0.165. The van der Waals surface area contributed by atoms with Crippen LogP contribution in [0, 0.1) is 0 Å². The van der Waals surface area contributed by atoms with E-state index in [1.165, 1.54) is 0 Å². The lowest BCUT2D eigenvalue weighted by Gasteiger charge is -2.10. The van der Waals surface area contributed by atoms with E-state index in [2.05, 4.69) is 5.32 Å². The molecule has 8 heteroatoms. The van der Waals surface area contributed by atoms with Crippen LogP contribution >= 0.6 is 0 Å². The third-order valence-electron chi connectivity index (χ3n) is 1.75. The fraction of sp³-hybridized carbons (Fsp3) is 0.667. The lowest BCUT2D eigenvalue weighted by molar-refractivity contribution is -0.124. The molecule has 1 fully saturated rings. The molecule has 0 aromatic heterocycles. The molecule has 1 heterocycles. The molecular formula is C6H11N3O4S. The van der Waals surface area contributed by atoms with Crippen molar-refractivity contribution in [2.45, 2.75) is 6.42 Å². The Morgan fingerprint density at radius 1 is 1.43 bits per heavy atom. The Balaban J connectivity index is 2.38. The molecule has 1 aliphatic heterocycles. The molecule has 7 nitrogen and oxygen atoms in total. The molecule has 3 amide bonds. The summed E-state index contributed by atoms with van der Waals surface area (Å²) in [5, 5.41) is 7.08. The fourth-order valence-electron chi connectivity index (χ4n) is 1.11. The lowest BCUT2D eigenvalue weighted by Crippen LogP contribution is -2.33. The molecule has 0 aliphatic carbocycles. The zero-order chi connectivity index (χ0) is 10.8. The van der Waals surface area contributed by atoms with Gasteiger partial charge < -0.3 is 5.32 Å². The van der Waals surface area contributed by atoms with Crippen LogP contribution in [0.25, 0.3) is 0 Å². The predicted octanol–water partition coefficient (Wildman–Crippen LogP) is -1.78. The maximum atomic E-state index is 11.0. The summed E-state index contributed by atoms with van der Waals surface area (Å²) in [6.45, 7) is 0.0648. The van der Waals surface area contributed by atoms with Crippen molar-refractivity contribution >= 4 is 22.0 Å². The Labute approximate surface area is 81.3 Å². The van der Waals surface area contributed by atoms with Crippen molar-refractivity contribution in [2.24, 2.45) is 5.14 Å². The van der Waals surface area contributed by atoms with Gasteiger partial charge in [-0.25, -0.2) is 18.4 Å². The number of imide groups is 1. The molecule has 1 rings (SSSR count). The molecule has 0 aromatic carbocycles. The average Bonchev–Trinajstić information content (AvgIpc) is 2.33. The van der Waals surface area contributed by atoms with Crippen molar-refractivity contribution < 1.29 is 18.0 Å². The Kier molecular flexibility index (Phi) is 3.06. The number of primary sulfonamides is 1. The largest absolute Gasteiger partial charge is 0.329 e. The molecule has 3 N–H and O–H groups in total. The van der Waals surface area contributed by atoms with Gasteiger partial charge in [-0.3, -0.25) is 9.69 Å². The second-order valence-electron chi connectivity index (χ2n) is 2.92. The van der Waals surface area contributed by atoms with Crippen LogP contribution in [0.3, 0.4) is 0 Å². The molecule has 0 unspecified atom stereocenters. The van der Waals surface area contributed by atoms with Crippen molar-refractivity contribution in [3.8, 4) is 0 Å². The van der Waals surface area contributed by atoms with Crippen molar-refractivity contribution in [3.05, 3.63) is 0 Å². The second kappa shape index (κ2) is 3.93. The minimum atomic E-state index is -3.52. The Morgan fingerprint density at radius 2 is 2.07 bits per heavy atom. The highest BCUT2D eigenvalue weighted by atomic mass is 32.2. The number of rotatable bonds is 4. The Morgan fingerprint density at radius 3 is 2.50 bits per heavy atom. The third-order valence-corrected chi connectivity index (χ3v) is 2.61. The molecule has 1 aliphatic rings.